The minimum Gasteiger partial charge on any atom is -0.456 e. The van der Waals surface area contributed by atoms with Gasteiger partial charge in [0.15, 0.2) is 0 Å². The summed E-state index contributed by atoms with van der Waals surface area (Å²) >= 11 is 0. The zero-order valence-corrected chi connectivity index (χ0v) is 35.8. The molecule has 0 fully saturated rings. The van der Waals surface area contributed by atoms with Gasteiger partial charge in [-0.3, -0.25) is 0 Å². The van der Waals surface area contributed by atoms with E-state index in [2.05, 4.69) is 231 Å². The van der Waals surface area contributed by atoms with Crippen molar-refractivity contribution in [1.29, 1.82) is 0 Å². The molecule has 0 saturated carbocycles. The van der Waals surface area contributed by atoms with E-state index in [1.54, 1.807) is 0 Å². The van der Waals surface area contributed by atoms with E-state index >= 15 is 0 Å². The number of furan rings is 1. The zero-order valence-electron chi connectivity index (χ0n) is 35.8. The fourth-order valence-electron chi connectivity index (χ4n) is 11.4. The van der Waals surface area contributed by atoms with Crippen molar-refractivity contribution in [3.8, 4) is 39.1 Å². The van der Waals surface area contributed by atoms with Crippen LogP contribution in [0.5, 0.6) is 0 Å². The molecular weight excluding hydrogens is 765 g/mol. The number of hydrogen-bond acceptors (Lipinski definition) is 2. The highest BCUT2D eigenvalue weighted by Crippen LogP contribution is 2.59. The van der Waals surface area contributed by atoms with Gasteiger partial charge in [-0.05, 0) is 111 Å². The standard InChI is InChI=1S/C60H44N2O/c1-59(2)45-22-11-8-20-41(45)56-47(59)24-14-27-51(56)62(52-28-15-25-48-57(52)42-21-9-12-23-46(42)60(48,3)4)53-29-16-30-55-58(53)44-36-38(32-34-54(44)63-55)37-31-33-50-43(35-37)40-19-10-13-26-49(40)61(50)39-17-6-5-7-18-39/h5-36H,1-4H3. The molecule has 0 unspecified atom stereocenters. The Morgan fingerprint density at radius 1 is 0.397 bits per heavy atom. The smallest absolute Gasteiger partial charge is 0.137 e. The number of para-hydroxylation sites is 2. The molecule has 13 rings (SSSR count). The van der Waals surface area contributed by atoms with Crippen LogP contribution in [0, 0.1) is 0 Å². The first kappa shape index (κ1) is 36.1. The lowest BCUT2D eigenvalue weighted by Gasteiger charge is -2.31. The van der Waals surface area contributed by atoms with Crippen molar-refractivity contribution in [3.63, 3.8) is 0 Å². The first-order valence-corrected chi connectivity index (χ1v) is 22.1. The summed E-state index contributed by atoms with van der Waals surface area (Å²) in [5.74, 6) is 0. The lowest BCUT2D eigenvalue weighted by Crippen LogP contribution is -2.17. The summed E-state index contributed by atoms with van der Waals surface area (Å²) in [6.45, 7) is 9.47. The summed E-state index contributed by atoms with van der Waals surface area (Å²) in [6.07, 6.45) is 0. The van der Waals surface area contributed by atoms with Gasteiger partial charge in [-0.15, -0.1) is 0 Å². The number of nitrogens with zero attached hydrogens (tertiary/aromatic N) is 2. The van der Waals surface area contributed by atoms with Gasteiger partial charge in [-0.2, -0.15) is 0 Å². The van der Waals surface area contributed by atoms with Crippen molar-refractivity contribution in [2.45, 2.75) is 38.5 Å². The number of hydrogen-bond donors (Lipinski definition) is 0. The van der Waals surface area contributed by atoms with Crippen molar-refractivity contribution in [3.05, 3.63) is 216 Å². The highest BCUT2D eigenvalue weighted by atomic mass is 16.3. The molecule has 2 aromatic heterocycles. The Hall–Kier alpha value is -7.62. The molecule has 3 heteroatoms. The molecule has 63 heavy (non-hydrogen) atoms. The summed E-state index contributed by atoms with van der Waals surface area (Å²) in [7, 11) is 0. The van der Waals surface area contributed by atoms with Gasteiger partial charge >= 0.3 is 0 Å². The molecule has 11 aromatic rings. The average Bonchev–Trinajstić information content (AvgIpc) is 4.00. The van der Waals surface area contributed by atoms with E-state index in [0.717, 1.165) is 38.9 Å². The minimum absolute atomic E-state index is 0.154. The molecule has 0 radical (unpaired) electrons. The number of fused-ring (bicyclic) bond motifs is 12. The molecule has 3 nitrogen and oxygen atoms in total. The molecule has 0 N–H and O–H groups in total. The van der Waals surface area contributed by atoms with Gasteiger partial charge in [-0.25, -0.2) is 0 Å². The Morgan fingerprint density at radius 3 is 1.60 bits per heavy atom. The third kappa shape index (κ3) is 4.96. The number of rotatable bonds is 5. The Kier molecular flexibility index (Phi) is 7.42. The summed E-state index contributed by atoms with van der Waals surface area (Å²) in [5, 5.41) is 4.67. The van der Waals surface area contributed by atoms with Gasteiger partial charge < -0.3 is 13.9 Å². The second-order valence-corrected chi connectivity index (χ2v) is 18.5. The van der Waals surface area contributed by atoms with E-state index in [1.165, 1.54) is 83.3 Å². The molecule has 9 aromatic carbocycles. The topological polar surface area (TPSA) is 21.3 Å². The zero-order chi connectivity index (χ0) is 42.2. The Morgan fingerprint density at radius 2 is 0.921 bits per heavy atom. The molecular formula is C60H44N2O. The predicted molar refractivity (Wildman–Crippen MR) is 263 cm³/mol. The second kappa shape index (κ2) is 13.0. The summed E-state index contributed by atoms with van der Waals surface area (Å²) in [4.78, 5) is 2.56. The maximum atomic E-state index is 6.82. The summed E-state index contributed by atoms with van der Waals surface area (Å²) in [6, 6.07) is 71.5. The molecule has 0 saturated heterocycles. The van der Waals surface area contributed by atoms with E-state index < -0.39 is 0 Å². The third-order valence-corrected chi connectivity index (χ3v) is 14.4. The van der Waals surface area contributed by atoms with Crippen LogP contribution in [-0.2, 0) is 10.8 Å². The molecule has 300 valence electrons. The van der Waals surface area contributed by atoms with Gasteiger partial charge in [0.25, 0.3) is 0 Å². The normalized spacial score (nSPS) is 14.3. The van der Waals surface area contributed by atoms with E-state index in [4.69, 9.17) is 4.42 Å². The fraction of sp³-hybridized carbons (Fsp3) is 0.100. The first-order chi connectivity index (χ1) is 30.8. The maximum Gasteiger partial charge on any atom is 0.137 e. The Labute approximate surface area is 367 Å². The van der Waals surface area contributed by atoms with Gasteiger partial charge in [0.05, 0.1) is 33.5 Å². The Bertz CT molecular complexity index is 3590. The van der Waals surface area contributed by atoms with Crippen LogP contribution in [0.15, 0.2) is 199 Å². The highest BCUT2D eigenvalue weighted by molar-refractivity contribution is 6.16. The highest BCUT2D eigenvalue weighted by Gasteiger charge is 2.41. The molecule has 2 aliphatic carbocycles. The first-order valence-electron chi connectivity index (χ1n) is 22.1. The van der Waals surface area contributed by atoms with Gasteiger partial charge in [0, 0.05) is 43.8 Å². The second-order valence-electron chi connectivity index (χ2n) is 18.5. The van der Waals surface area contributed by atoms with Crippen LogP contribution in [0.1, 0.15) is 49.9 Å². The number of benzene rings is 9. The lowest BCUT2D eigenvalue weighted by molar-refractivity contribution is 0.660. The molecule has 0 aliphatic heterocycles. The minimum atomic E-state index is -0.154. The van der Waals surface area contributed by atoms with E-state index in [-0.39, 0.29) is 10.8 Å². The van der Waals surface area contributed by atoms with Gasteiger partial charge in [0.2, 0.25) is 0 Å². The lowest BCUT2D eigenvalue weighted by atomic mass is 9.82. The molecule has 0 spiro atoms. The molecule has 0 atom stereocenters. The molecule has 2 heterocycles. The summed E-state index contributed by atoms with van der Waals surface area (Å²) < 4.78 is 9.20. The van der Waals surface area contributed by atoms with Crippen molar-refractivity contribution in [2.75, 3.05) is 4.90 Å². The van der Waals surface area contributed by atoms with Crippen LogP contribution in [0.4, 0.5) is 17.1 Å². The van der Waals surface area contributed by atoms with Crippen molar-refractivity contribution in [1.82, 2.24) is 4.57 Å². The Balaban J connectivity index is 1.07. The predicted octanol–water partition coefficient (Wildman–Crippen LogP) is 16.4. The van der Waals surface area contributed by atoms with Crippen LogP contribution in [0.3, 0.4) is 0 Å². The van der Waals surface area contributed by atoms with Crippen LogP contribution in [0.25, 0.3) is 82.8 Å². The number of anilines is 3. The SMILES string of the molecule is CC1(C)c2ccccc2-c2c(N(c3cccc4c3-c3ccccc3C4(C)C)c3cccc4oc5ccc(-c6ccc7c(c6)c6ccccc6n7-c6ccccc6)cc5c34)cccc21. The maximum absolute atomic E-state index is 6.82. The van der Waals surface area contributed by atoms with E-state index in [1.807, 2.05) is 0 Å². The number of aromatic nitrogens is 1. The van der Waals surface area contributed by atoms with Crippen LogP contribution < -0.4 is 4.90 Å². The van der Waals surface area contributed by atoms with E-state index in [0.29, 0.717) is 0 Å². The fourth-order valence-corrected chi connectivity index (χ4v) is 11.4. The quantitative estimate of drug-likeness (QED) is 0.173. The average molecular weight is 809 g/mol. The van der Waals surface area contributed by atoms with Crippen molar-refractivity contribution in [2.24, 2.45) is 0 Å². The van der Waals surface area contributed by atoms with Crippen LogP contribution in [-0.4, -0.2) is 4.57 Å². The largest absolute Gasteiger partial charge is 0.456 e. The van der Waals surface area contributed by atoms with E-state index in [9.17, 15) is 0 Å². The molecule has 0 amide bonds. The monoisotopic (exact) mass is 808 g/mol. The van der Waals surface area contributed by atoms with Gasteiger partial charge in [0.1, 0.15) is 11.2 Å². The van der Waals surface area contributed by atoms with Crippen LogP contribution in [0.2, 0.25) is 0 Å². The molecule has 0 bridgehead atoms. The van der Waals surface area contributed by atoms with Crippen LogP contribution >= 0.6 is 0 Å². The third-order valence-electron chi connectivity index (χ3n) is 14.4. The van der Waals surface area contributed by atoms with Crippen molar-refractivity contribution >= 4 is 60.8 Å². The van der Waals surface area contributed by atoms with Crippen molar-refractivity contribution < 1.29 is 4.42 Å². The summed E-state index contributed by atoms with van der Waals surface area (Å²) in [5.41, 5.74) is 21.3. The molecule has 2 aliphatic rings. The van der Waals surface area contributed by atoms with Gasteiger partial charge in [-0.1, -0.05) is 155 Å².